The van der Waals surface area contributed by atoms with E-state index in [-0.39, 0.29) is 0 Å². The normalized spacial score (nSPS) is 11.0. The lowest BCUT2D eigenvalue weighted by atomic mass is 10.2. The van der Waals surface area contributed by atoms with Gasteiger partial charge in [0.05, 0.1) is 0 Å². The highest BCUT2D eigenvalue weighted by molar-refractivity contribution is 5.44. The van der Waals surface area contributed by atoms with Crippen molar-refractivity contribution in [2.75, 3.05) is 4.90 Å². The highest BCUT2D eigenvalue weighted by Gasteiger charge is 2.15. The van der Waals surface area contributed by atoms with Crippen molar-refractivity contribution in [2.24, 2.45) is 0 Å². The molecular weight excluding hydrogens is 176 g/mol. The van der Waals surface area contributed by atoms with Crippen molar-refractivity contribution in [1.82, 2.24) is 0 Å². The lowest BCUT2D eigenvalue weighted by Gasteiger charge is -2.31. The second-order valence-electron chi connectivity index (χ2n) is 4.02. The van der Waals surface area contributed by atoms with Gasteiger partial charge >= 0.3 is 0 Å². The van der Waals surface area contributed by atoms with Crippen LogP contribution in [0.25, 0.3) is 0 Å². The van der Waals surface area contributed by atoms with Gasteiger partial charge in [-0.05, 0) is 33.8 Å². The van der Waals surface area contributed by atoms with Gasteiger partial charge in [-0.25, -0.2) is 0 Å². The second-order valence-corrected chi connectivity index (χ2v) is 4.02. The fraction of sp³-hybridized carbons (Fsp3) is 0.545. The minimum Gasteiger partial charge on any atom is -0.619 e. The zero-order valence-electron chi connectivity index (χ0n) is 9.27. The average Bonchev–Trinajstić information content (AvgIpc) is 2.02. The third-order valence-electron chi connectivity index (χ3n) is 2.17. The molecule has 0 bridgehead atoms. The van der Waals surface area contributed by atoms with Gasteiger partial charge in [0, 0.05) is 18.2 Å². The van der Waals surface area contributed by atoms with E-state index in [9.17, 15) is 5.21 Å². The number of hydrogen-bond acceptors (Lipinski definition) is 2. The molecule has 3 heteroatoms. The Kier molecular flexibility index (Phi) is 3.33. The van der Waals surface area contributed by atoms with Gasteiger partial charge in [0.1, 0.15) is 5.69 Å². The summed E-state index contributed by atoms with van der Waals surface area (Å²) in [5.74, 6) is 0. The van der Waals surface area contributed by atoms with Crippen LogP contribution in [0.15, 0.2) is 24.5 Å². The van der Waals surface area contributed by atoms with Crippen LogP contribution < -0.4 is 9.63 Å². The first-order valence-electron chi connectivity index (χ1n) is 4.99. The Hall–Kier alpha value is -1.25. The maximum absolute atomic E-state index is 11.1. The van der Waals surface area contributed by atoms with Crippen LogP contribution in [0, 0.1) is 5.21 Å². The van der Waals surface area contributed by atoms with Crippen molar-refractivity contribution < 1.29 is 4.73 Å². The van der Waals surface area contributed by atoms with Crippen LogP contribution in [0.5, 0.6) is 0 Å². The summed E-state index contributed by atoms with van der Waals surface area (Å²) in [5, 5.41) is 11.1. The number of aromatic nitrogens is 1. The smallest absolute Gasteiger partial charge is 0.203 e. The van der Waals surface area contributed by atoms with E-state index >= 15 is 0 Å². The zero-order chi connectivity index (χ0) is 10.7. The highest BCUT2D eigenvalue weighted by atomic mass is 16.5. The quantitative estimate of drug-likeness (QED) is 0.543. The van der Waals surface area contributed by atoms with Crippen LogP contribution in [0.3, 0.4) is 0 Å². The van der Waals surface area contributed by atoms with E-state index < -0.39 is 0 Å². The molecule has 0 saturated carbocycles. The molecule has 3 nitrogen and oxygen atoms in total. The van der Waals surface area contributed by atoms with Crippen LogP contribution >= 0.6 is 0 Å². The summed E-state index contributed by atoms with van der Waals surface area (Å²) in [5.41, 5.74) is 0.979. The molecule has 0 atom stereocenters. The summed E-state index contributed by atoms with van der Waals surface area (Å²) in [6, 6.07) is 4.55. The first kappa shape index (κ1) is 10.8. The van der Waals surface area contributed by atoms with Crippen molar-refractivity contribution in [3.63, 3.8) is 0 Å². The van der Waals surface area contributed by atoms with E-state index in [1.54, 1.807) is 12.3 Å². The summed E-state index contributed by atoms with van der Waals surface area (Å²) in [6.45, 7) is 8.51. The predicted octanol–water partition coefficient (Wildman–Crippen LogP) is 1.94. The number of anilines is 1. The summed E-state index contributed by atoms with van der Waals surface area (Å²) in [6.07, 6.45) is 3.11. The van der Waals surface area contributed by atoms with Gasteiger partial charge in [-0.3, -0.25) is 0 Å². The number of hydrogen-bond donors (Lipinski definition) is 0. The maximum Gasteiger partial charge on any atom is 0.203 e. The molecule has 0 unspecified atom stereocenters. The molecular formula is C11H18N2O. The third-order valence-corrected chi connectivity index (χ3v) is 2.17. The Morgan fingerprint density at radius 2 is 1.79 bits per heavy atom. The molecule has 1 rings (SSSR count). The number of rotatable bonds is 3. The van der Waals surface area contributed by atoms with E-state index in [0.717, 1.165) is 10.4 Å². The summed E-state index contributed by atoms with van der Waals surface area (Å²) >= 11 is 0. The molecule has 0 aliphatic carbocycles. The monoisotopic (exact) mass is 194 g/mol. The molecule has 1 aromatic rings. The van der Waals surface area contributed by atoms with Gasteiger partial charge in [0.25, 0.3) is 0 Å². The van der Waals surface area contributed by atoms with Crippen molar-refractivity contribution in [3.05, 3.63) is 29.7 Å². The van der Waals surface area contributed by atoms with Crippen LogP contribution in [-0.4, -0.2) is 12.1 Å². The fourth-order valence-corrected chi connectivity index (χ4v) is 1.79. The summed E-state index contributed by atoms with van der Waals surface area (Å²) in [4.78, 5) is 2.22. The molecule has 0 spiro atoms. The largest absolute Gasteiger partial charge is 0.619 e. The predicted molar refractivity (Wildman–Crippen MR) is 58.2 cm³/mol. The van der Waals surface area contributed by atoms with Crippen LogP contribution in [0.4, 0.5) is 5.69 Å². The van der Waals surface area contributed by atoms with Gasteiger partial charge < -0.3 is 10.1 Å². The van der Waals surface area contributed by atoms with Crippen LogP contribution in [-0.2, 0) is 0 Å². The Balaban J connectivity index is 2.99. The van der Waals surface area contributed by atoms with E-state index in [1.165, 1.54) is 6.20 Å². The molecule has 0 amide bonds. The standard InChI is InChI=1S/C11H18N2O/c1-9(2)13(10(3)4)11-6-5-7-12(14)8-11/h5-10H,1-4H3. The molecule has 0 aliphatic rings. The Labute approximate surface area is 85.6 Å². The Bertz CT molecular complexity index is 289. The number of nitrogens with zero attached hydrogens (tertiary/aromatic N) is 2. The Morgan fingerprint density at radius 3 is 2.21 bits per heavy atom. The molecule has 1 heterocycles. The van der Waals surface area contributed by atoms with Crippen molar-refractivity contribution in [1.29, 1.82) is 0 Å². The molecule has 0 radical (unpaired) electrons. The highest BCUT2D eigenvalue weighted by Crippen LogP contribution is 2.17. The minimum absolute atomic E-state index is 0.400. The molecule has 1 aromatic heterocycles. The molecule has 0 N–H and O–H groups in total. The summed E-state index contributed by atoms with van der Waals surface area (Å²) < 4.78 is 0.840. The van der Waals surface area contributed by atoms with Crippen molar-refractivity contribution in [3.8, 4) is 0 Å². The van der Waals surface area contributed by atoms with Crippen molar-refractivity contribution >= 4 is 5.69 Å². The van der Waals surface area contributed by atoms with Gasteiger partial charge in [-0.2, -0.15) is 4.73 Å². The SMILES string of the molecule is CC(C)N(c1ccc[n+]([O-])c1)C(C)C. The first-order chi connectivity index (χ1) is 6.52. The molecule has 0 aliphatic heterocycles. The lowest BCUT2D eigenvalue weighted by molar-refractivity contribution is -0.604. The van der Waals surface area contributed by atoms with Gasteiger partial charge in [0.15, 0.2) is 6.20 Å². The van der Waals surface area contributed by atoms with Gasteiger partial charge in [0.2, 0.25) is 6.20 Å². The topological polar surface area (TPSA) is 30.2 Å². The molecule has 0 fully saturated rings. The fourth-order valence-electron chi connectivity index (χ4n) is 1.79. The van der Waals surface area contributed by atoms with Gasteiger partial charge in [-0.1, -0.05) is 0 Å². The minimum atomic E-state index is 0.400. The van der Waals surface area contributed by atoms with Crippen molar-refractivity contribution in [2.45, 2.75) is 39.8 Å². The summed E-state index contributed by atoms with van der Waals surface area (Å²) in [7, 11) is 0. The van der Waals surface area contributed by atoms with E-state index in [2.05, 4.69) is 32.6 Å². The van der Waals surface area contributed by atoms with Crippen LogP contribution in [0.2, 0.25) is 0 Å². The second kappa shape index (κ2) is 4.31. The third kappa shape index (κ3) is 2.37. The van der Waals surface area contributed by atoms with E-state index in [4.69, 9.17) is 0 Å². The van der Waals surface area contributed by atoms with Gasteiger partial charge in [-0.15, -0.1) is 0 Å². The number of pyridine rings is 1. The Morgan fingerprint density at radius 1 is 1.21 bits per heavy atom. The lowest BCUT2D eigenvalue weighted by Crippen LogP contribution is -2.38. The molecule has 14 heavy (non-hydrogen) atoms. The molecule has 0 aromatic carbocycles. The van der Waals surface area contributed by atoms with Crippen LogP contribution in [0.1, 0.15) is 27.7 Å². The molecule has 0 saturated heterocycles. The zero-order valence-corrected chi connectivity index (χ0v) is 9.27. The average molecular weight is 194 g/mol. The van der Waals surface area contributed by atoms with E-state index in [1.807, 2.05) is 6.07 Å². The van der Waals surface area contributed by atoms with E-state index in [0.29, 0.717) is 12.1 Å². The maximum atomic E-state index is 11.1. The molecule has 78 valence electrons. The first-order valence-corrected chi connectivity index (χ1v) is 4.99.